The van der Waals surface area contributed by atoms with Crippen LogP contribution in [0.25, 0.3) is 71.3 Å². The maximum atomic E-state index is 2.40. The molecule has 0 spiro atoms. The lowest BCUT2D eigenvalue weighted by atomic mass is 9.87. The second kappa shape index (κ2) is 12.5. The van der Waals surface area contributed by atoms with Gasteiger partial charge in [-0.05, 0) is 111 Å². The van der Waals surface area contributed by atoms with Gasteiger partial charge in [0.2, 0.25) is 0 Å². The maximum absolute atomic E-state index is 2.40. The second-order valence-electron chi connectivity index (χ2n) is 13.4. The zero-order valence-corrected chi connectivity index (χ0v) is 28.5. The van der Waals surface area contributed by atoms with Crippen LogP contribution in [0.1, 0.15) is 0 Å². The van der Waals surface area contributed by atoms with Gasteiger partial charge in [-0.15, -0.1) is 0 Å². The normalized spacial score (nSPS) is 11.5. The Morgan fingerprint density at radius 1 is 0.327 bits per heavy atom. The number of rotatable bonds is 6. The van der Waals surface area contributed by atoms with Gasteiger partial charge in [0.25, 0.3) is 0 Å². The summed E-state index contributed by atoms with van der Waals surface area (Å²) in [5.74, 6) is 0. The lowest BCUT2D eigenvalue weighted by Gasteiger charge is -2.26. The molecule has 0 saturated heterocycles. The van der Waals surface area contributed by atoms with E-state index < -0.39 is 0 Å². The van der Waals surface area contributed by atoms with E-state index in [2.05, 4.69) is 216 Å². The van der Waals surface area contributed by atoms with Gasteiger partial charge in [-0.3, -0.25) is 0 Å². The van der Waals surface area contributed by atoms with E-state index >= 15 is 0 Å². The van der Waals surface area contributed by atoms with E-state index in [0.29, 0.717) is 0 Å². The van der Waals surface area contributed by atoms with Crippen LogP contribution in [-0.2, 0) is 0 Å². The summed E-state index contributed by atoms with van der Waals surface area (Å²) in [5.41, 5.74) is 11.8. The van der Waals surface area contributed by atoms with Crippen molar-refractivity contribution in [3.8, 4) is 27.9 Å². The van der Waals surface area contributed by atoms with Gasteiger partial charge in [-0.1, -0.05) is 140 Å². The van der Waals surface area contributed by atoms with Crippen molar-refractivity contribution in [1.82, 2.24) is 4.57 Å². The van der Waals surface area contributed by atoms with Gasteiger partial charge in [0, 0.05) is 33.5 Å². The first-order chi connectivity index (χ1) is 25.8. The Hall–Kier alpha value is -6.90. The largest absolute Gasteiger partial charge is 0.310 e. The van der Waals surface area contributed by atoms with Gasteiger partial charge in [0.15, 0.2) is 0 Å². The quantitative estimate of drug-likeness (QED) is 0.161. The summed E-state index contributed by atoms with van der Waals surface area (Å²) in [4.78, 5) is 2.40. The molecule has 0 aliphatic carbocycles. The Labute approximate surface area is 303 Å². The number of hydrogen-bond donors (Lipinski definition) is 0. The Balaban J connectivity index is 1.23. The molecular weight excluding hydrogens is 629 g/mol. The molecule has 1 heterocycles. The maximum Gasteiger partial charge on any atom is 0.0542 e. The van der Waals surface area contributed by atoms with E-state index in [1.807, 2.05) is 0 Å². The number of para-hydroxylation sites is 3. The molecule has 0 atom stereocenters. The van der Waals surface area contributed by atoms with Crippen molar-refractivity contribution in [2.24, 2.45) is 0 Å². The van der Waals surface area contributed by atoms with Crippen LogP contribution >= 0.6 is 0 Å². The van der Waals surface area contributed by atoms with Gasteiger partial charge in [0.05, 0.1) is 11.0 Å². The first-order valence-corrected chi connectivity index (χ1v) is 17.9. The molecule has 2 heteroatoms. The number of anilines is 3. The van der Waals surface area contributed by atoms with Gasteiger partial charge < -0.3 is 9.47 Å². The summed E-state index contributed by atoms with van der Waals surface area (Å²) >= 11 is 0. The first-order valence-electron chi connectivity index (χ1n) is 17.9. The number of aromatic nitrogens is 1. The highest BCUT2D eigenvalue weighted by atomic mass is 15.1. The molecule has 52 heavy (non-hydrogen) atoms. The van der Waals surface area contributed by atoms with E-state index in [-0.39, 0.29) is 0 Å². The summed E-state index contributed by atoms with van der Waals surface area (Å²) in [5, 5.41) is 7.39. The fraction of sp³-hybridized carbons (Fsp3) is 0. The van der Waals surface area contributed by atoms with E-state index in [1.54, 1.807) is 0 Å². The van der Waals surface area contributed by atoms with Crippen LogP contribution in [0.5, 0.6) is 0 Å². The Kier molecular flexibility index (Phi) is 7.18. The average molecular weight is 663 g/mol. The molecule has 10 aromatic rings. The SMILES string of the molecule is c1ccc(-c2ccccc2-c2c3ccccc3cc3ccc(N(c4ccccc4)c4ccc5c(c4)c4ccccc4n5-c4ccccc4)cc23)cc1. The summed E-state index contributed by atoms with van der Waals surface area (Å²) in [7, 11) is 0. The van der Waals surface area contributed by atoms with Crippen LogP contribution in [0.15, 0.2) is 206 Å². The molecule has 2 nitrogen and oxygen atoms in total. The Morgan fingerprint density at radius 3 is 1.67 bits per heavy atom. The zero-order valence-electron chi connectivity index (χ0n) is 28.5. The predicted molar refractivity (Wildman–Crippen MR) is 221 cm³/mol. The number of fused-ring (bicyclic) bond motifs is 5. The minimum absolute atomic E-state index is 1.11. The van der Waals surface area contributed by atoms with Crippen LogP contribution < -0.4 is 4.90 Å². The summed E-state index contributed by atoms with van der Waals surface area (Å²) in [6.07, 6.45) is 0. The summed E-state index contributed by atoms with van der Waals surface area (Å²) in [6.45, 7) is 0. The van der Waals surface area contributed by atoms with Gasteiger partial charge in [-0.25, -0.2) is 0 Å². The summed E-state index contributed by atoms with van der Waals surface area (Å²) < 4.78 is 2.37. The molecule has 1 aromatic heterocycles. The highest BCUT2D eigenvalue weighted by Crippen LogP contribution is 2.45. The van der Waals surface area contributed by atoms with Crippen LogP contribution in [0.3, 0.4) is 0 Å². The second-order valence-corrected chi connectivity index (χ2v) is 13.4. The van der Waals surface area contributed by atoms with E-state index in [4.69, 9.17) is 0 Å². The molecule has 0 aliphatic heterocycles. The van der Waals surface area contributed by atoms with Crippen molar-refractivity contribution < 1.29 is 0 Å². The van der Waals surface area contributed by atoms with Crippen LogP contribution in [0, 0.1) is 0 Å². The molecule has 9 aromatic carbocycles. The lowest BCUT2D eigenvalue weighted by Crippen LogP contribution is -2.10. The zero-order chi connectivity index (χ0) is 34.4. The minimum Gasteiger partial charge on any atom is -0.310 e. The van der Waals surface area contributed by atoms with Gasteiger partial charge in [-0.2, -0.15) is 0 Å². The third-order valence-electron chi connectivity index (χ3n) is 10.3. The van der Waals surface area contributed by atoms with Crippen molar-refractivity contribution in [3.05, 3.63) is 206 Å². The number of benzene rings is 9. The summed E-state index contributed by atoms with van der Waals surface area (Å²) in [6, 6.07) is 74.7. The van der Waals surface area contributed by atoms with E-state index in [9.17, 15) is 0 Å². The standard InChI is InChI=1S/C50H34N2/c1-4-16-35(17-5-1)42-23-12-13-26-45(42)50-43-24-11-10-18-36(43)32-37-28-29-40(33-46(37)50)51(38-19-6-2-7-20-38)41-30-31-49-47(34-41)44-25-14-15-27-48(44)52(49)39-21-8-3-9-22-39/h1-34H. The fourth-order valence-corrected chi connectivity index (χ4v) is 8.03. The third kappa shape index (κ3) is 4.96. The average Bonchev–Trinajstić information content (AvgIpc) is 3.55. The van der Waals surface area contributed by atoms with Crippen LogP contribution in [0.2, 0.25) is 0 Å². The number of hydrogen-bond acceptors (Lipinski definition) is 1. The molecule has 0 unspecified atom stereocenters. The topological polar surface area (TPSA) is 8.17 Å². The third-order valence-corrected chi connectivity index (χ3v) is 10.3. The highest BCUT2D eigenvalue weighted by molar-refractivity contribution is 6.16. The molecule has 0 saturated carbocycles. The van der Waals surface area contributed by atoms with Gasteiger partial charge in [0.1, 0.15) is 0 Å². The van der Waals surface area contributed by atoms with Crippen molar-refractivity contribution in [2.45, 2.75) is 0 Å². The molecule has 244 valence electrons. The Bertz CT molecular complexity index is 2890. The van der Waals surface area contributed by atoms with E-state index in [1.165, 1.54) is 65.6 Å². The smallest absolute Gasteiger partial charge is 0.0542 e. The molecule has 10 rings (SSSR count). The first kappa shape index (κ1) is 30.0. The molecule has 0 radical (unpaired) electrons. The molecule has 0 fully saturated rings. The molecule has 0 N–H and O–H groups in total. The Morgan fingerprint density at radius 2 is 0.885 bits per heavy atom. The lowest BCUT2D eigenvalue weighted by molar-refractivity contribution is 1.18. The van der Waals surface area contributed by atoms with Crippen molar-refractivity contribution in [3.63, 3.8) is 0 Å². The molecule has 0 amide bonds. The van der Waals surface area contributed by atoms with Crippen molar-refractivity contribution >= 4 is 60.4 Å². The fourth-order valence-electron chi connectivity index (χ4n) is 8.03. The van der Waals surface area contributed by atoms with Crippen LogP contribution in [0.4, 0.5) is 17.1 Å². The molecular formula is C50H34N2. The number of nitrogens with zero attached hydrogens (tertiary/aromatic N) is 2. The minimum atomic E-state index is 1.11. The highest BCUT2D eigenvalue weighted by Gasteiger charge is 2.20. The monoisotopic (exact) mass is 662 g/mol. The molecule has 0 aliphatic rings. The van der Waals surface area contributed by atoms with Crippen LogP contribution in [-0.4, -0.2) is 4.57 Å². The molecule has 0 bridgehead atoms. The predicted octanol–water partition coefficient (Wildman–Crippen LogP) is 13.9. The van der Waals surface area contributed by atoms with Crippen molar-refractivity contribution in [1.29, 1.82) is 0 Å². The van der Waals surface area contributed by atoms with Crippen molar-refractivity contribution in [2.75, 3.05) is 4.90 Å². The van der Waals surface area contributed by atoms with E-state index in [0.717, 1.165) is 22.7 Å². The van der Waals surface area contributed by atoms with Gasteiger partial charge >= 0.3 is 0 Å².